The van der Waals surface area contributed by atoms with E-state index in [1.54, 1.807) is 64.4 Å². The van der Waals surface area contributed by atoms with Gasteiger partial charge in [-0.15, -0.1) is 0 Å². The Labute approximate surface area is 274 Å². The standard InChI is InChI=1S/C33H37Cl2N5O4S/c1-3-38(4-2)32(42)39-18-15-23-19-25(10-12-29(23)39)45(43,44)40-30-11-9-24(34)20-27(30)33(31(40)41,26-7-5-6-8-28(26)35)37-21-22-13-16-36-17-14-22/h5-12,19-20,22,36-37H,3-4,13-18,21H2,1-2H3. The van der Waals surface area contributed by atoms with E-state index >= 15 is 0 Å². The van der Waals surface area contributed by atoms with E-state index in [1.807, 2.05) is 13.8 Å². The van der Waals surface area contributed by atoms with Crippen LogP contribution in [0.15, 0.2) is 65.6 Å². The molecule has 1 atom stereocenters. The van der Waals surface area contributed by atoms with Crippen LogP contribution in [0.4, 0.5) is 16.2 Å². The third-order valence-corrected chi connectivity index (χ3v) is 11.5. The van der Waals surface area contributed by atoms with Gasteiger partial charge in [0.1, 0.15) is 0 Å². The summed E-state index contributed by atoms with van der Waals surface area (Å²) in [5.41, 5.74) is 0.955. The van der Waals surface area contributed by atoms with Crippen molar-refractivity contribution in [3.63, 3.8) is 0 Å². The Kier molecular flexibility index (Phi) is 8.88. The van der Waals surface area contributed by atoms with E-state index in [9.17, 15) is 18.0 Å². The molecule has 3 aliphatic rings. The van der Waals surface area contributed by atoms with E-state index < -0.39 is 21.5 Å². The van der Waals surface area contributed by atoms with Gasteiger partial charge in [0.05, 0.1) is 10.6 Å². The summed E-state index contributed by atoms with van der Waals surface area (Å²) in [5, 5.41) is 7.59. The molecule has 0 saturated carbocycles. The lowest BCUT2D eigenvalue weighted by Crippen LogP contribution is -2.54. The molecular weight excluding hydrogens is 633 g/mol. The lowest BCUT2D eigenvalue weighted by Gasteiger charge is -2.34. The van der Waals surface area contributed by atoms with Crippen molar-refractivity contribution in [1.29, 1.82) is 0 Å². The topological polar surface area (TPSA) is 102 Å². The Balaban J connectivity index is 1.44. The minimum Gasteiger partial charge on any atom is -0.325 e. The zero-order valence-electron chi connectivity index (χ0n) is 25.4. The second-order valence-corrected chi connectivity index (χ2v) is 14.3. The number of nitrogens with zero attached hydrogens (tertiary/aromatic N) is 3. The number of anilines is 2. The van der Waals surface area contributed by atoms with Crippen LogP contribution in [-0.4, -0.2) is 64.5 Å². The number of rotatable bonds is 8. The maximum Gasteiger partial charge on any atom is 0.324 e. The first kappa shape index (κ1) is 31.8. The van der Waals surface area contributed by atoms with Gasteiger partial charge in [0, 0.05) is 46.5 Å². The fourth-order valence-corrected chi connectivity index (χ4v) is 8.75. The Morgan fingerprint density at radius 1 is 1.00 bits per heavy atom. The number of hydrogen-bond acceptors (Lipinski definition) is 6. The number of sulfonamides is 1. The molecule has 3 aromatic rings. The van der Waals surface area contributed by atoms with E-state index in [1.165, 1.54) is 6.07 Å². The molecule has 3 aliphatic heterocycles. The van der Waals surface area contributed by atoms with Gasteiger partial charge in [-0.1, -0.05) is 41.4 Å². The normalized spacial score (nSPS) is 20.0. The van der Waals surface area contributed by atoms with Gasteiger partial charge < -0.3 is 10.2 Å². The third kappa shape index (κ3) is 5.40. The van der Waals surface area contributed by atoms with Crippen molar-refractivity contribution in [2.24, 2.45) is 5.92 Å². The van der Waals surface area contributed by atoms with E-state index in [2.05, 4.69) is 10.6 Å². The van der Waals surface area contributed by atoms with Crippen molar-refractivity contribution in [3.8, 4) is 0 Å². The first-order chi connectivity index (χ1) is 21.6. The summed E-state index contributed by atoms with van der Waals surface area (Å²) < 4.78 is 30.0. The van der Waals surface area contributed by atoms with Crippen molar-refractivity contribution in [2.75, 3.05) is 48.5 Å². The molecule has 1 unspecified atom stereocenters. The number of urea groups is 1. The molecule has 12 heteroatoms. The average molecular weight is 671 g/mol. The molecule has 0 radical (unpaired) electrons. The first-order valence-electron chi connectivity index (χ1n) is 15.4. The highest BCUT2D eigenvalue weighted by atomic mass is 35.5. The molecule has 2 N–H and O–H groups in total. The number of benzene rings is 3. The van der Waals surface area contributed by atoms with Crippen LogP contribution in [0.2, 0.25) is 10.0 Å². The van der Waals surface area contributed by atoms with Crippen LogP contribution in [0.1, 0.15) is 43.4 Å². The summed E-state index contributed by atoms with van der Waals surface area (Å²) in [5.74, 6) is -0.383. The van der Waals surface area contributed by atoms with Gasteiger partial charge in [-0.25, -0.2) is 17.5 Å². The van der Waals surface area contributed by atoms with Gasteiger partial charge in [0.15, 0.2) is 5.54 Å². The smallest absolute Gasteiger partial charge is 0.324 e. The SMILES string of the molecule is CCN(CC)C(=O)N1CCc2cc(S(=O)(=O)N3C(=O)C(NCC4CCNCC4)(c4ccccc4Cl)c4cc(Cl)ccc43)ccc21. The molecule has 3 amide bonds. The molecule has 0 bridgehead atoms. The van der Waals surface area contributed by atoms with Crippen molar-refractivity contribution in [2.45, 2.75) is 43.5 Å². The third-order valence-electron chi connectivity index (χ3n) is 9.23. The van der Waals surface area contributed by atoms with E-state index in [0.29, 0.717) is 59.5 Å². The van der Waals surface area contributed by atoms with Crippen LogP contribution in [0, 0.1) is 5.92 Å². The molecule has 3 aromatic carbocycles. The fraction of sp³-hybridized carbons (Fsp3) is 0.394. The van der Waals surface area contributed by atoms with Gasteiger partial charge in [0.25, 0.3) is 15.9 Å². The average Bonchev–Trinajstić information content (AvgIpc) is 3.58. The van der Waals surface area contributed by atoms with E-state index in [4.69, 9.17) is 23.2 Å². The monoisotopic (exact) mass is 669 g/mol. The van der Waals surface area contributed by atoms with Crippen LogP contribution in [0.3, 0.4) is 0 Å². The highest BCUT2D eigenvalue weighted by Gasteiger charge is 2.57. The van der Waals surface area contributed by atoms with Gasteiger partial charge in [0.2, 0.25) is 0 Å². The minimum atomic E-state index is -4.40. The van der Waals surface area contributed by atoms with Crippen molar-refractivity contribution >= 4 is 56.5 Å². The zero-order valence-corrected chi connectivity index (χ0v) is 27.7. The van der Waals surface area contributed by atoms with Crippen LogP contribution in [-0.2, 0) is 26.8 Å². The van der Waals surface area contributed by atoms with Gasteiger partial charge in [-0.05, 0) is 107 Å². The lowest BCUT2D eigenvalue weighted by molar-refractivity contribution is -0.121. The van der Waals surface area contributed by atoms with Crippen LogP contribution in [0.25, 0.3) is 0 Å². The molecule has 238 valence electrons. The van der Waals surface area contributed by atoms with Gasteiger partial charge in [-0.2, -0.15) is 0 Å². The highest BCUT2D eigenvalue weighted by Crippen LogP contribution is 2.49. The Hall–Kier alpha value is -3.15. The number of nitrogens with one attached hydrogen (secondary N) is 2. The molecular formula is C33H37Cl2N5O4S. The highest BCUT2D eigenvalue weighted by molar-refractivity contribution is 7.93. The predicted molar refractivity (Wildman–Crippen MR) is 178 cm³/mol. The number of halogens is 2. The Morgan fingerprint density at radius 2 is 1.71 bits per heavy atom. The van der Waals surface area contributed by atoms with Crippen LogP contribution >= 0.6 is 23.2 Å². The molecule has 3 heterocycles. The van der Waals surface area contributed by atoms with E-state index in [0.717, 1.165) is 35.8 Å². The number of carbonyl (C=O) groups excluding carboxylic acids is 2. The molecule has 0 spiro atoms. The lowest BCUT2D eigenvalue weighted by atomic mass is 9.82. The second kappa shape index (κ2) is 12.6. The minimum absolute atomic E-state index is 0.0269. The summed E-state index contributed by atoms with van der Waals surface area (Å²) in [6.07, 6.45) is 2.35. The summed E-state index contributed by atoms with van der Waals surface area (Å²) in [6.45, 7) is 7.69. The summed E-state index contributed by atoms with van der Waals surface area (Å²) in [6, 6.07) is 16.5. The van der Waals surface area contributed by atoms with Gasteiger partial charge >= 0.3 is 6.03 Å². The van der Waals surface area contributed by atoms with Crippen molar-refractivity contribution < 1.29 is 18.0 Å². The number of hydrogen-bond donors (Lipinski definition) is 2. The maximum absolute atomic E-state index is 14.9. The fourth-order valence-electron chi connectivity index (χ4n) is 6.78. The summed E-state index contributed by atoms with van der Waals surface area (Å²) in [4.78, 5) is 31.4. The number of piperidine rings is 1. The number of amides is 3. The molecule has 45 heavy (non-hydrogen) atoms. The molecule has 1 saturated heterocycles. The quantitative estimate of drug-likeness (QED) is 0.334. The largest absolute Gasteiger partial charge is 0.325 e. The zero-order chi connectivity index (χ0) is 31.9. The number of carbonyl (C=O) groups is 2. The van der Waals surface area contributed by atoms with Crippen molar-refractivity contribution in [3.05, 3.63) is 87.4 Å². The maximum atomic E-state index is 14.9. The second-order valence-electron chi connectivity index (χ2n) is 11.7. The molecule has 0 aliphatic carbocycles. The van der Waals surface area contributed by atoms with Crippen LogP contribution in [0.5, 0.6) is 0 Å². The molecule has 0 aromatic heterocycles. The van der Waals surface area contributed by atoms with Crippen LogP contribution < -0.4 is 19.8 Å². The van der Waals surface area contributed by atoms with Gasteiger partial charge in [-0.3, -0.25) is 15.0 Å². The summed E-state index contributed by atoms with van der Waals surface area (Å²) in [7, 11) is -4.40. The Morgan fingerprint density at radius 3 is 2.42 bits per heavy atom. The van der Waals surface area contributed by atoms with E-state index in [-0.39, 0.29) is 22.5 Å². The first-order valence-corrected chi connectivity index (χ1v) is 17.6. The molecule has 1 fully saturated rings. The molecule has 9 nitrogen and oxygen atoms in total. The summed E-state index contributed by atoms with van der Waals surface area (Å²) >= 11 is 13.3. The predicted octanol–water partition coefficient (Wildman–Crippen LogP) is 5.39. The Bertz CT molecular complexity index is 1740. The van der Waals surface area contributed by atoms with Crippen molar-refractivity contribution in [1.82, 2.24) is 15.5 Å². The molecule has 6 rings (SSSR count). The number of fused-ring (bicyclic) bond motifs is 2.